The summed E-state index contributed by atoms with van der Waals surface area (Å²) in [6.45, 7) is 0.279. The molecule has 33 heavy (non-hydrogen) atoms. The molecule has 0 saturated carbocycles. The predicted octanol–water partition coefficient (Wildman–Crippen LogP) is 6.19. The largest absolute Gasteiger partial charge is 0.497 e. The van der Waals surface area contributed by atoms with Gasteiger partial charge in [-0.15, -0.1) is 11.3 Å². The standard InChI is InChI=1S/C26H21FN2O3S/c1-31-22-12-8-20(9-13-22)24-17-33-26(28-24)29-25(30)14-7-18-5-10-23(11-6-18)32-16-19-3-2-4-21(27)15-19/h2-15,17H,16H2,1H3,(H,28,29,30). The lowest BCUT2D eigenvalue weighted by Gasteiger charge is -2.06. The average Bonchev–Trinajstić information content (AvgIpc) is 3.30. The predicted molar refractivity (Wildman–Crippen MR) is 129 cm³/mol. The molecule has 0 atom stereocenters. The van der Waals surface area contributed by atoms with Crippen molar-refractivity contribution in [2.75, 3.05) is 12.4 Å². The Balaban J connectivity index is 1.30. The average molecular weight is 461 g/mol. The lowest BCUT2D eigenvalue weighted by Crippen LogP contribution is -2.07. The van der Waals surface area contributed by atoms with Crippen molar-refractivity contribution < 1.29 is 18.7 Å². The smallest absolute Gasteiger partial charge is 0.250 e. The number of halogens is 1. The number of nitrogens with zero attached hydrogens (tertiary/aromatic N) is 1. The van der Waals surface area contributed by atoms with E-state index in [0.29, 0.717) is 10.9 Å². The molecule has 5 nitrogen and oxygen atoms in total. The van der Waals surface area contributed by atoms with Crippen molar-refractivity contribution in [3.63, 3.8) is 0 Å². The van der Waals surface area contributed by atoms with Crippen LogP contribution in [0.4, 0.5) is 9.52 Å². The summed E-state index contributed by atoms with van der Waals surface area (Å²) in [5.41, 5.74) is 3.34. The minimum absolute atomic E-state index is 0.267. The van der Waals surface area contributed by atoms with Gasteiger partial charge in [-0.1, -0.05) is 24.3 Å². The Hall–Kier alpha value is -3.97. The van der Waals surface area contributed by atoms with Crippen molar-refractivity contribution in [3.05, 3.63) is 101 Å². The Kier molecular flexibility index (Phi) is 7.12. The maximum atomic E-state index is 13.2. The summed E-state index contributed by atoms with van der Waals surface area (Å²) in [6, 6.07) is 21.2. The fourth-order valence-electron chi connectivity index (χ4n) is 3.01. The Bertz CT molecular complexity index is 1250. The van der Waals surface area contributed by atoms with Crippen molar-refractivity contribution in [3.8, 4) is 22.8 Å². The summed E-state index contributed by atoms with van der Waals surface area (Å²) < 4.78 is 24.1. The molecule has 7 heteroatoms. The van der Waals surface area contributed by atoms with Crippen LogP contribution in [0, 0.1) is 5.82 Å². The first kappa shape index (κ1) is 22.2. The number of aromatic nitrogens is 1. The minimum atomic E-state index is -0.287. The fourth-order valence-corrected chi connectivity index (χ4v) is 3.74. The van der Waals surface area contributed by atoms with Gasteiger partial charge in [0.1, 0.15) is 23.9 Å². The van der Waals surface area contributed by atoms with Gasteiger partial charge in [-0.25, -0.2) is 9.37 Å². The molecule has 0 aliphatic heterocycles. The monoisotopic (exact) mass is 460 g/mol. The molecule has 1 N–H and O–H groups in total. The first-order valence-electron chi connectivity index (χ1n) is 10.2. The Morgan fingerprint density at radius 3 is 2.55 bits per heavy atom. The zero-order valence-electron chi connectivity index (χ0n) is 17.8. The first-order chi connectivity index (χ1) is 16.1. The maximum absolute atomic E-state index is 13.2. The Labute approximate surface area is 195 Å². The van der Waals surface area contributed by atoms with Crippen molar-refractivity contribution in [1.29, 1.82) is 0 Å². The number of rotatable bonds is 8. The quantitative estimate of drug-likeness (QED) is 0.319. The molecule has 1 amide bonds. The number of carbonyl (C=O) groups excluding carboxylic acids is 1. The number of amides is 1. The van der Waals surface area contributed by atoms with Crippen molar-refractivity contribution >= 4 is 28.5 Å². The van der Waals surface area contributed by atoms with Crippen molar-refractivity contribution in [2.24, 2.45) is 0 Å². The van der Waals surface area contributed by atoms with Crippen LogP contribution in [-0.2, 0) is 11.4 Å². The summed E-state index contributed by atoms with van der Waals surface area (Å²) in [5, 5.41) is 5.20. The molecular formula is C26H21FN2O3S. The van der Waals surface area contributed by atoms with Gasteiger partial charge in [0, 0.05) is 17.0 Å². The number of methoxy groups -OCH3 is 1. The van der Waals surface area contributed by atoms with E-state index < -0.39 is 0 Å². The molecule has 3 aromatic carbocycles. The van der Waals surface area contributed by atoms with E-state index in [1.807, 2.05) is 41.8 Å². The Morgan fingerprint density at radius 1 is 1.06 bits per heavy atom. The molecule has 0 saturated heterocycles. The third-order valence-corrected chi connectivity index (χ3v) is 5.48. The SMILES string of the molecule is COc1ccc(-c2csc(NC(=O)C=Cc3ccc(OCc4cccc(F)c4)cc3)n2)cc1. The molecular weight excluding hydrogens is 439 g/mol. The number of benzene rings is 3. The van der Waals surface area contributed by atoms with E-state index in [2.05, 4.69) is 10.3 Å². The summed E-state index contributed by atoms with van der Waals surface area (Å²) >= 11 is 1.36. The summed E-state index contributed by atoms with van der Waals surface area (Å²) in [5.74, 6) is 0.884. The zero-order valence-corrected chi connectivity index (χ0v) is 18.6. The number of hydrogen-bond donors (Lipinski definition) is 1. The van der Waals surface area contributed by atoms with Gasteiger partial charge < -0.3 is 9.47 Å². The molecule has 0 fully saturated rings. The van der Waals surface area contributed by atoms with Crippen LogP contribution in [-0.4, -0.2) is 18.0 Å². The van der Waals surface area contributed by atoms with Crippen LogP contribution in [0.3, 0.4) is 0 Å². The molecule has 0 radical (unpaired) electrons. The maximum Gasteiger partial charge on any atom is 0.250 e. The van der Waals surface area contributed by atoms with E-state index >= 15 is 0 Å². The summed E-state index contributed by atoms with van der Waals surface area (Å²) in [7, 11) is 1.62. The van der Waals surface area contributed by atoms with Crippen LogP contribution in [0.15, 0.2) is 84.3 Å². The van der Waals surface area contributed by atoms with Gasteiger partial charge in [0.2, 0.25) is 5.91 Å². The van der Waals surface area contributed by atoms with Gasteiger partial charge in [-0.3, -0.25) is 10.1 Å². The zero-order chi connectivity index (χ0) is 23.0. The molecule has 0 unspecified atom stereocenters. The molecule has 0 aliphatic carbocycles. The van der Waals surface area contributed by atoms with Gasteiger partial charge in [0.05, 0.1) is 12.8 Å². The number of anilines is 1. The van der Waals surface area contributed by atoms with Gasteiger partial charge in [-0.05, 0) is 65.7 Å². The topological polar surface area (TPSA) is 60.5 Å². The van der Waals surface area contributed by atoms with Crippen LogP contribution >= 0.6 is 11.3 Å². The van der Waals surface area contributed by atoms with E-state index in [9.17, 15) is 9.18 Å². The van der Waals surface area contributed by atoms with E-state index in [0.717, 1.165) is 28.1 Å². The van der Waals surface area contributed by atoms with Crippen LogP contribution in [0.1, 0.15) is 11.1 Å². The van der Waals surface area contributed by atoms with Crippen LogP contribution in [0.25, 0.3) is 17.3 Å². The van der Waals surface area contributed by atoms with Crippen LogP contribution < -0.4 is 14.8 Å². The number of carbonyl (C=O) groups is 1. The first-order valence-corrected chi connectivity index (χ1v) is 11.0. The summed E-state index contributed by atoms with van der Waals surface area (Å²) in [4.78, 5) is 16.7. The molecule has 1 aromatic heterocycles. The molecule has 4 rings (SSSR count). The highest BCUT2D eigenvalue weighted by Crippen LogP contribution is 2.26. The van der Waals surface area contributed by atoms with Crippen LogP contribution in [0.5, 0.6) is 11.5 Å². The highest BCUT2D eigenvalue weighted by molar-refractivity contribution is 7.14. The molecule has 4 aromatic rings. The fraction of sp³-hybridized carbons (Fsp3) is 0.0769. The molecule has 0 spiro atoms. The van der Waals surface area contributed by atoms with Crippen molar-refractivity contribution in [1.82, 2.24) is 4.98 Å². The second kappa shape index (κ2) is 10.6. The highest BCUT2D eigenvalue weighted by Gasteiger charge is 2.07. The third-order valence-electron chi connectivity index (χ3n) is 4.72. The number of nitrogens with one attached hydrogen (secondary N) is 1. The molecule has 1 heterocycles. The Morgan fingerprint density at radius 2 is 1.82 bits per heavy atom. The molecule has 0 aliphatic rings. The van der Waals surface area contributed by atoms with E-state index in [4.69, 9.17) is 9.47 Å². The van der Waals surface area contributed by atoms with Gasteiger partial charge in [0.15, 0.2) is 5.13 Å². The van der Waals surface area contributed by atoms with Crippen LogP contribution in [0.2, 0.25) is 0 Å². The number of hydrogen-bond acceptors (Lipinski definition) is 5. The lowest BCUT2D eigenvalue weighted by molar-refractivity contribution is -0.111. The molecule has 0 bridgehead atoms. The number of thiazole rings is 1. The van der Waals surface area contributed by atoms with Gasteiger partial charge in [0.25, 0.3) is 0 Å². The minimum Gasteiger partial charge on any atom is -0.497 e. The second-order valence-electron chi connectivity index (χ2n) is 7.08. The summed E-state index contributed by atoms with van der Waals surface area (Å²) in [6.07, 6.45) is 3.17. The normalized spacial score (nSPS) is 10.8. The second-order valence-corrected chi connectivity index (χ2v) is 7.93. The van der Waals surface area contributed by atoms with Gasteiger partial charge >= 0.3 is 0 Å². The molecule has 166 valence electrons. The van der Waals surface area contributed by atoms with E-state index in [1.165, 1.54) is 29.5 Å². The third kappa shape index (κ3) is 6.27. The number of ether oxygens (including phenoxy) is 2. The van der Waals surface area contributed by atoms with E-state index in [1.54, 1.807) is 37.5 Å². The lowest BCUT2D eigenvalue weighted by atomic mass is 10.2. The van der Waals surface area contributed by atoms with E-state index in [-0.39, 0.29) is 18.3 Å². The van der Waals surface area contributed by atoms with Crippen molar-refractivity contribution in [2.45, 2.75) is 6.61 Å². The highest BCUT2D eigenvalue weighted by atomic mass is 32.1. The van der Waals surface area contributed by atoms with Gasteiger partial charge in [-0.2, -0.15) is 0 Å².